The Morgan fingerprint density at radius 2 is 1.36 bits per heavy atom. The van der Waals surface area contributed by atoms with Crippen molar-refractivity contribution in [2.75, 3.05) is 60.0 Å². The largest absolute Gasteiger partial charge is 0.488 e. The van der Waals surface area contributed by atoms with E-state index in [1.807, 2.05) is 13.0 Å². The van der Waals surface area contributed by atoms with Gasteiger partial charge in [0, 0.05) is 7.11 Å². The standard InChI is InChI=1S/C16H25FO5/c1-14-3-4-16(15(17)13-14)22-12-11-21-10-9-20-8-7-19-6-5-18-2/h3-4,13H,5-12H2,1-2H3. The van der Waals surface area contributed by atoms with Crippen molar-refractivity contribution in [3.8, 4) is 5.75 Å². The summed E-state index contributed by atoms with van der Waals surface area (Å²) in [7, 11) is 1.63. The summed E-state index contributed by atoms with van der Waals surface area (Å²) in [6, 6.07) is 4.87. The fourth-order valence-electron chi connectivity index (χ4n) is 1.62. The molecule has 5 nitrogen and oxygen atoms in total. The third-order valence-electron chi connectivity index (χ3n) is 2.75. The average Bonchev–Trinajstić information content (AvgIpc) is 2.50. The summed E-state index contributed by atoms with van der Waals surface area (Å²) in [5, 5.41) is 0. The first-order chi connectivity index (χ1) is 10.7. The molecule has 6 heteroatoms. The molecule has 0 aliphatic rings. The maximum Gasteiger partial charge on any atom is 0.165 e. The Kier molecular flexibility index (Phi) is 10.6. The molecule has 0 spiro atoms. The second-order valence-electron chi connectivity index (χ2n) is 4.61. The molecule has 1 rings (SSSR count). The number of rotatable bonds is 13. The van der Waals surface area contributed by atoms with Crippen molar-refractivity contribution in [2.45, 2.75) is 6.92 Å². The van der Waals surface area contributed by atoms with Gasteiger partial charge in [-0.05, 0) is 24.6 Å². The van der Waals surface area contributed by atoms with Crippen LogP contribution < -0.4 is 4.74 Å². The van der Waals surface area contributed by atoms with E-state index >= 15 is 0 Å². The van der Waals surface area contributed by atoms with Crippen LogP contribution in [-0.4, -0.2) is 60.0 Å². The quantitative estimate of drug-likeness (QED) is 0.522. The van der Waals surface area contributed by atoms with Crippen LogP contribution in [0.25, 0.3) is 0 Å². The van der Waals surface area contributed by atoms with Gasteiger partial charge in [0.25, 0.3) is 0 Å². The smallest absolute Gasteiger partial charge is 0.165 e. The van der Waals surface area contributed by atoms with E-state index in [9.17, 15) is 4.39 Å². The fourth-order valence-corrected chi connectivity index (χ4v) is 1.62. The van der Waals surface area contributed by atoms with Crippen LogP contribution in [0.15, 0.2) is 18.2 Å². The zero-order valence-electron chi connectivity index (χ0n) is 13.3. The highest BCUT2D eigenvalue weighted by Gasteiger charge is 2.02. The molecule has 0 saturated carbocycles. The molecular weight excluding hydrogens is 291 g/mol. The highest BCUT2D eigenvalue weighted by molar-refractivity contribution is 5.28. The van der Waals surface area contributed by atoms with Gasteiger partial charge in [0.2, 0.25) is 0 Å². The summed E-state index contributed by atoms with van der Waals surface area (Å²) < 4.78 is 39.5. The van der Waals surface area contributed by atoms with E-state index in [4.69, 9.17) is 23.7 Å². The highest BCUT2D eigenvalue weighted by atomic mass is 19.1. The molecule has 0 radical (unpaired) electrons. The fraction of sp³-hybridized carbons (Fsp3) is 0.625. The first kappa shape index (κ1) is 18.8. The minimum atomic E-state index is -0.350. The van der Waals surface area contributed by atoms with Gasteiger partial charge in [-0.25, -0.2) is 4.39 Å². The van der Waals surface area contributed by atoms with Gasteiger partial charge in [0.05, 0.1) is 46.2 Å². The number of benzene rings is 1. The number of hydrogen-bond donors (Lipinski definition) is 0. The van der Waals surface area contributed by atoms with Crippen molar-refractivity contribution < 1.29 is 28.1 Å². The molecule has 0 aliphatic carbocycles. The highest BCUT2D eigenvalue weighted by Crippen LogP contribution is 2.17. The van der Waals surface area contributed by atoms with E-state index in [0.29, 0.717) is 52.9 Å². The molecule has 0 unspecified atom stereocenters. The molecule has 0 N–H and O–H groups in total. The number of hydrogen-bond acceptors (Lipinski definition) is 5. The Bertz CT molecular complexity index is 400. The molecule has 0 aromatic heterocycles. The van der Waals surface area contributed by atoms with Crippen molar-refractivity contribution >= 4 is 0 Å². The predicted molar refractivity (Wildman–Crippen MR) is 81.0 cm³/mol. The zero-order chi connectivity index (χ0) is 16.0. The summed E-state index contributed by atoms with van der Waals surface area (Å²) in [5.41, 5.74) is 0.865. The summed E-state index contributed by atoms with van der Waals surface area (Å²) in [4.78, 5) is 0. The molecule has 126 valence electrons. The number of ether oxygens (including phenoxy) is 5. The van der Waals surface area contributed by atoms with Gasteiger partial charge in [-0.15, -0.1) is 0 Å². The summed E-state index contributed by atoms with van der Waals surface area (Å²) >= 11 is 0. The maximum absolute atomic E-state index is 13.5. The van der Waals surface area contributed by atoms with Crippen LogP contribution in [0.5, 0.6) is 5.75 Å². The van der Waals surface area contributed by atoms with Crippen LogP contribution in [0.1, 0.15) is 5.56 Å². The lowest BCUT2D eigenvalue weighted by atomic mass is 10.2. The predicted octanol–water partition coefficient (Wildman–Crippen LogP) is 2.21. The van der Waals surface area contributed by atoms with Gasteiger partial charge < -0.3 is 23.7 Å². The van der Waals surface area contributed by atoms with Gasteiger partial charge in [-0.1, -0.05) is 6.07 Å². The SMILES string of the molecule is COCCOCCOCCOCCOc1ccc(C)cc1F. The van der Waals surface area contributed by atoms with Crippen molar-refractivity contribution in [3.63, 3.8) is 0 Å². The average molecular weight is 316 g/mol. The molecule has 1 aromatic rings. The molecule has 0 atom stereocenters. The van der Waals surface area contributed by atoms with E-state index in [1.165, 1.54) is 6.07 Å². The van der Waals surface area contributed by atoms with Crippen LogP contribution in [0.4, 0.5) is 4.39 Å². The van der Waals surface area contributed by atoms with Crippen LogP contribution in [-0.2, 0) is 18.9 Å². The minimum Gasteiger partial charge on any atom is -0.488 e. The minimum absolute atomic E-state index is 0.249. The van der Waals surface area contributed by atoms with E-state index < -0.39 is 0 Å². The maximum atomic E-state index is 13.5. The number of methoxy groups -OCH3 is 1. The molecule has 0 aliphatic heterocycles. The monoisotopic (exact) mass is 316 g/mol. The summed E-state index contributed by atoms with van der Waals surface area (Å²) in [5.74, 6) is -0.101. The summed E-state index contributed by atoms with van der Waals surface area (Å²) in [6.07, 6.45) is 0. The molecule has 0 bridgehead atoms. The van der Waals surface area contributed by atoms with E-state index in [0.717, 1.165) is 5.56 Å². The van der Waals surface area contributed by atoms with Gasteiger partial charge >= 0.3 is 0 Å². The molecule has 0 amide bonds. The summed E-state index contributed by atoms with van der Waals surface area (Å²) in [6.45, 7) is 5.72. The molecule has 0 heterocycles. The Morgan fingerprint density at radius 1 is 0.818 bits per heavy atom. The topological polar surface area (TPSA) is 46.2 Å². The van der Waals surface area contributed by atoms with E-state index in [2.05, 4.69) is 0 Å². The first-order valence-corrected chi connectivity index (χ1v) is 7.35. The number of aryl methyl sites for hydroxylation is 1. The van der Waals surface area contributed by atoms with E-state index in [1.54, 1.807) is 13.2 Å². The zero-order valence-corrected chi connectivity index (χ0v) is 13.3. The third-order valence-corrected chi connectivity index (χ3v) is 2.75. The van der Waals surface area contributed by atoms with Crippen LogP contribution in [0.3, 0.4) is 0 Å². The Labute approximate surface area is 131 Å². The van der Waals surface area contributed by atoms with E-state index in [-0.39, 0.29) is 11.6 Å². The second-order valence-corrected chi connectivity index (χ2v) is 4.61. The first-order valence-electron chi connectivity index (χ1n) is 7.35. The molecule has 1 aromatic carbocycles. The Balaban J connectivity index is 1.89. The second kappa shape index (κ2) is 12.3. The lowest BCUT2D eigenvalue weighted by Gasteiger charge is -2.09. The van der Waals surface area contributed by atoms with Crippen LogP contribution in [0.2, 0.25) is 0 Å². The van der Waals surface area contributed by atoms with Crippen molar-refractivity contribution in [3.05, 3.63) is 29.6 Å². The van der Waals surface area contributed by atoms with Crippen molar-refractivity contribution in [1.29, 1.82) is 0 Å². The van der Waals surface area contributed by atoms with Gasteiger partial charge in [0.15, 0.2) is 11.6 Å². The lowest BCUT2D eigenvalue weighted by molar-refractivity contribution is 0.0000366. The number of halogens is 1. The normalized spacial score (nSPS) is 10.9. The van der Waals surface area contributed by atoms with Crippen molar-refractivity contribution in [1.82, 2.24) is 0 Å². The Morgan fingerprint density at radius 3 is 1.91 bits per heavy atom. The van der Waals surface area contributed by atoms with Gasteiger partial charge in [-0.3, -0.25) is 0 Å². The van der Waals surface area contributed by atoms with Gasteiger partial charge in [0.1, 0.15) is 6.61 Å². The molecule has 0 saturated heterocycles. The van der Waals surface area contributed by atoms with Crippen LogP contribution in [0, 0.1) is 12.7 Å². The van der Waals surface area contributed by atoms with Gasteiger partial charge in [-0.2, -0.15) is 0 Å². The molecule has 22 heavy (non-hydrogen) atoms. The Hall–Kier alpha value is -1.21. The molecular formula is C16H25FO5. The third kappa shape index (κ3) is 8.94. The molecule has 0 fully saturated rings. The van der Waals surface area contributed by atoms with Crippen LogP contribution >= 0.6 is 0 Å². The lowest BCUT2D eigenvalue weighted by Crippen LogP contribution is -2.13. The van der Waals surface area contributed by atoms with Crippen molar-refractivity contribution in [2.24, 2.45) is 0 Å².